The zero-order chi connectivity index (χ0) is 13.0. The van der Waals surface area contributed by atoms with Gasteiger partial charge in [-0.05, 0) is 25.0 Å². The van der Waals surface area contributed by atoms with Crippen LogP contribution in [0, 0.1) is 5.82 Å². The number of nitrogens with one attached hydrogen (secondary N) is 1. The van der Waals surface area contributed by atoms with Crippen LogP contribution < -0.4 is 15.8 Å². The van der Waals surface area contributed by atoms with Crippen molar-refractivity contribution < 1.29 is 13.9 Å². The number of halogens is 1. The van der Waals surface area contributed by atoms with Crippen molar-refractivity contribution in [1.82, 2.24) is 5.32 Å². The first-order chi connectivity index (χ1) is 8.65. The summed E-state index contributed by atoms with van der Waals surface area (Å²) in [5.74, 6) is -0.715. The fourth-order valence-corrected chi connectivity index (χ4v) is 2.12. The highest BCUT2D eigenvalue weighted by atomic mass is 19.1. The molecule has 1 aromatic carbocycles. The number of carbonyl (C=O) groups is 1. The average molecular weight is 252 g/mol. The minimum Gasteiger partial charge on any atom is -0.481 e. The first kappa shape index (κ1) is 12.7. The number of benzene rings is 1. The molecule has 1 aliphatic rings. The van der Waals surface area contributed by atoms with Gasteiger partial charge in [0.15, 0.2) is 18.2 Å². The highest BCUT2D eigenvalue weighted by Crippen LogP contribution is 2.20. The Kier molecular flexibility index (Phi) is 4.02. The third kappa shape index (κ3) is 3.35. The van der Waals surface area contributed by atoms with Crippen LogP contribution in [0.2, 0.25) is 0 Å². The molecule has 0 aromatic heterocycles. The Morgan fingerprint density at radius 2 is 2.17 bits per heavy atom. The molecule has 5 heteroatoms. The molecular formula is C13H17FN2O2. The highest BCUT2D eigenvalue weighted by Gasteiger charge is 2.17. The van der Waals surface area contributed by atoms with E-state index in [9.17, 15) is 9.18 Å². The Bertz CT molecular complexity index is 431. The number of amides is 1. The maximum atomic E-state index is 13.4. The molecular weight excluding hydrogens is 235 g/mol. The van der Waals surface area contributed by atoms with Crippen molar-refractivity contribution >= 4 is 11.6 Å². The lowest BCUT2D eigenvalue weighted by Crippen LogP contribution is -2.36. The Morgan fingerprint density at radius 1 is 1.44 bits per heavy atom. The first-order valence-corrected chi connectivity index (χ1v) is 6.12. The SMILES string of the molecule is Nc1ccc(OCC(=O)NC2CCCC2)c(F)c1. The molecule has 0 unspecified atom stereocenters. The number of hydrogen-bond acceptors (Lipinski definition) is 3. The summed E-state index contributed by atoms with van der Waals surface area (Å²) < 4.78 is 18.5. The fraction of sp³-hybridized carbons (Fsp3) is 0.462. The molecule has 0 aliphatic heterocycles. The van der Waals surface area contributed by atoms with Crippen molar-refractivity contribution in [1.29, 1.82) is 0 Å². The van der Waals surface area contributed by atoms with E-state index in [1.54, 1.807) is 0 Å². The molecule has 2 rings (SSSR count). The molecule has 0 radical (unpaired) electrons. The summed E-state index contributed by atoms with van der Waals surface area (Å²) in [6.45, 7) is -0.169. The second-order valence-corrected chi connectivity index (χ2v) is 4.53. The summed E-state index contributed by atoms with van der Waals surface area (Å²) >= 11 is 0. The summed E-state index contributed by atoms with van der Waals surface area (Å²) in [6, 6.07) is 4.38. The van der Waals surface area contributed by atoms with Gasteiger partial charge in [-0.25, -0.2) is 4.39 Å². The van der Waals surface area contributed by atoms with E-state index in [-0.39, 0.29) is 24.3 Å². The van der Waals surface area contributed by atoms with Crippen LogP contribution in [0.5, 0.6) is 5.75 Å². The average Bonchev–Trinajstić information content (AvgIpc) is 2.80. The Labute approximate surface area is 105 Å². The van der Waals surface area contributed by atoms with Crippen LogP contribution in [-0.2, 0) is 4.79 Å². The van der Waals surface area contributed by atoms with Crippen molar-refractivity contribution in [3.63, 3.8) is 0 Å². The molecule has 0 saturated heterocycles. The van der Waals surface area contributed by atoms with E-state index >= 15 is 0 Å². The van der Waals surface area contributed by atoms with E-state index in [4.69, 9.17) is 10.5 Å². The largest absolute Gasteiger partial charge is 0.481 e. The van der Waals surface area contributed by atoms with Gasteiger partial charge >= 0.3 is 0 Å². The van der Waals surface area contributed by atoms with Gasteiger partial charge in [-0.1, -0.05) is 12.8 Å². The van der Waals surface area contributed by atoms with Gasteiger partial charge < -0.3 is 15.8 Å². The van der Waals surface area contributed by atoms with E-state index in [1.807, 2.05) is 0 Å². The second-order valence-electron chi connectivity index (χ2n) is 4.53. The van der Waals surface area contributed by atoms with Gasteiger partial charge in [0.2, 0.25) is 0 Å². The second kappa shape index (κ2) is 5.71. The molecule has 0 atom stereocenters. The predicted molar refractivity (Wildman–Crippen MR) is 66.7 cm³/mol. The zero-order valence-corrected chi connectivity index (χ0v) is 10.1. The lowest BCUT2D eigenvalue weighted by atomic mass is 10.2. The summed E-state index contributed by atoms with van der Waals surface area (Å²) in [4.78, 5) is 11.6. The van der Waals surface area contributed by atoms with Crippen LogP contribution in [0.4, 0.5) is 10.1 Å². The fourth-order valence-electron chi connectivity index (χ4n) is 2.12. The first-order valence-electron chi connectivity index (χ1n) is 6.12. The van der Waals surface area contributed by atoms with Crippen molar-refractivity contribution in [3.05, 3.63) is 24.0 Å². The maximum Gasteiger partial charge on any atom is 0.258 e. The van der Waals surface area contributed by atoms with E-state index in [2.05, 4.69) is 5.32 Å². The van der Waals surface area contributed by atoms with Gasteiger partial charge in [-0.15, -0.1) is 0 Å². The number of carbonyl (C=O) groups excluding carboxylic acids is 1. The normalized spacial score (nSPS) is 15.6. The molecule has 0 spiro atoms. The topological polar surface area (TPSA) is 64.3 Å². The van der Waals surface area contributed by atoms with E-state index in [0.717, 1.165) is 25.7 Å². The van der Waals surface area contributed by atoms with E-state index in [1.165, 1.54) is 18.2 Å². The quantitative estimate of drug-likeness (QED) is 0.804. The molecule has 1 amide bonds. The maximum absolute atomic E-state index is 13.4. The minimum atomic E-state index is -0.552. The predicted octanol–water partition coefficient (Wildman–Crippen LogP) is 1.85. The van der Waals surface area contributed by atoms with Crippen molar-refractivity contribution in [2.75, 3.05) is 12.3 Å². The minimum absolute atomic E-state index is 0.0470. The molecule has 0 bridgehead atoms. The van der Waals surface area contributed by atoms with Crippen LogP contribution >= 0.6 is 0 Å². The Morgan fingerprint density at radius 3 is 2.83 bits per heavy atom. The van der Waals surface area contributed by atoms with Gasteiger partial charge in [-0.3, -0.25) is 4.79 Å². The van der Waals surface area contributed by atoms with Crippen LogP contribution in [0.15, 0.2) is 18.2 Å². The number of hydrogen-bond donors (Lipinski definition) is 2. The standard InChI is InChI=1S/C13H17FN2O2/c14-11-7-9(15)5-6-12(11)18-8-13(17)16-10-3-1-2-4-10/h5-7,10H,1-4,8,15H2,(H,16,17). The Hall–Kier alpha value is -1.78. The smallest absolute Gasteiger partial charge is 0.258 e. The molecule has 1 fully saturated rings. The van der Waals surface area contributed by atoms with E-state index in [0.29, 0.717) is 5.69 Å². The van der Waals surface area contributed by atoms with Gasteiger partial charge in [-0.2, -0.15) is 0 Å². The number of rotatable bonds is 4. The third-order valence-corrected chi connectivity index (χ3v) is 3.03. The van der Waals surface area contributed by atoms with Gasteiger partial charge in [0, 0.05) is 17.8 Å². The van der Waals surface area contributed by atoms with Crippen LogP contribution in [-0.4, -0.2) is 18.6 Å². The number of nitrogen functional groups attached to an aromatic ring is 1. The number of nitrogens with two attached hydrogens (primary N) is 1. The van der Waals surface area contributed by atoms with Crippen molar-refractivity contribution in [2.45, 2.75) is 31.7 Å². The highest BCUT2D eigenvalue weighted by molar-refractivity contribution is 5.77. The zero-order valence-electron chi connectivity index (χ0n) is 10.1. The van der Waals surface area contributed by atoms with Gasteiger partial charge in [0.1, 0.15) is 0 Å². The van der Waals surface area contributed by atoms with Crippen LogP contribution in [0.25, 0.3) is 0 Å². The molecule has 3 N–H and O–H groups in total. The molecule has 98 valence electrons. The number of anilines is 1. The molecule has 1 saturated carbocycles. The lowest BCUT2D eigenvalue weighted by molar-refractivity contribution is -0.123. The summed E-state index contributed by atoms with van der Waals surface area (Å²) in [5.41, 5.74) is 5.75. The van der Waals surface area contributed by atoms with Crippen LogP contribution in [0.1, 0.15) is 25.7 Å². The van der Waals surface area contributed by atoms with Gasteiger partial charge in [0.05, 0.1) is 0 Å². The summed E-state index contributed by atoms with van der Waals surface area (Å²) in [5, 5.41) is 2.87. The van der Waals surface area contributed by atoms with Crippen LogP contribution in [0.3, 0.4) is 0 Å². The van der Waals surface area contributed by atoms with Crippen molar-refractivity contribution in [3.8, 4) is 5.75 Å². The van der Waals surface area contributed by atoms with Crippen molar-refractivity contribution in [2.24, 2.45) is 0 Å². The summed E-state index contributed by atoms with van der Waals surface area (Å²) in [6.07, 6.45) is 4.33. The molecule has 4 nitrogen and oxygen atoms in total. The molecule has 0 heterocycles. The molecule has 1 aromatic rings. The van der Waals surface area contributed by atoms with Gasteiger partial charge in [0.25, 0.3) is 5.91 Å². The third-order valence-electron chi connectivity index (χ3n) is 3.03. The summed E-state index contributed by atoms with van der Waals surface area (Å²) in [7, 11) is 0. The number of ether oxygens (including phenoxy) is 1. The Balaban J connectivity index is 1.81. The molecule has 1 aliphatic carbocycles. The monoisotopic (exact) mass is 252 g/mol. The van der Waals surface area contributed by atoms with E-state index < -0.39 is 5.82 Å². The molecule has 18 heavy (non-hydrogen) atoms. The lowest BCUT2D eigenvalue weighted by Gasteiger charge is -2.12.